The highest BCUT2D eigenvalue weighted by molar-refractivity contribution is 5.82. The van der Waals surface area contributed by atoms with E-state index in [-0.39, 0.29) is 5.91 Å². The summed E-state index contributed by atoms with van der Waals surface area (Å²) >= 11 is 0. The van der Waals surface area contributed by atoms with Gasteiger partial charge in [0.1, 0.15) is 6.04 Å². The first kappa shape index (κ1) is 16.0. The molecule has 4 nitrogen and oxygen atoms in total. The third-order valence-corrected chi connectivity index (χ3v) is 3.97. The van der Waals surface area contributed by atoms with E-state index in [1.165, 1.54) is 32.1 Å². The van der Waals surface area contributed by atoms with Crippen LogP contribution in [0, 0.1) is 0 Å². The summed E-state index contributed by atoms with van der Waals surface area (Å²) in [5, 5.41) is 2.87. The summed E-state index contributed by atoms with van der Waals surface area (Å²) in [6.07, 6.45) is 7.55. The molecule has 3 N–H and O–H groups in total. The zero-order valence-electron chi connectivity index (χ0n) is 12.6. The van der Waals surface area contributed by atoms with Crippen molar-refractivity contribution in [2.45, 2.75) is 50.7 Å². The second kappa shape index (κ2) is 8.80. The second-order valence-corrected chi connectivity index (χ2v) is 5.66. The molecule has 21 heavy (non-hydrogen) atoms. The van der Waals surface area contributed by atoms with Gasteiger partial charge in [-0.1, -0.05) is 49.6 Å². The Labute approximate surface area is 127 Å². The van der Waals surface area contributed by atoms with Crippen molar-refractivity contribution in [3.63, 3.8) is 0 Å². The highest BCUT2D eigenvalue weighted by atomic mass is 16.5. The van der Waals surface area contributed by atoms with Crippen LogP contribution in [0.3, 0.4) is 0 Å². The van der Waals surface area contributed by atoms with E-state index in [9.17, 15) is 4.79 Å². The van der Waals surface area contributed by atoms with E-state index in [2.05, 4.69) is 5.32 Å². The Morgan fingerprint density at radius 3 is 2.67 bits per heavy atom. The van der Waals surface area contributed by atoms with Crippen LogP contribution < -0.4 is 11.1 Å². The van der Waals surface area contributed by atoms with Crippen molar-refractivity contribution >= 4 is 5.91 Å². The summed E-state index contributed by atoms with van der Waals surface area (Å²) in [5.41, 5.74) is 6.77. The maximum Gasteiger partial charge on any atom is 0.241 e. The molecular formula is C17H26N2O2. The van der Waals surface area contributed by atoms with Gasteiger partial charge in [-0.3, -0.25) is 4.79 Å². The Balaban J connectivity index is 1.58. The smallest absolute Gasteiger partial charge is 0.241 e. The molecule has 0 unspecified atom stereocenters. The van der Waals surface area contributed by atoms with Crippen molar-refractivity contribution in [1.82, 2.24) is 5.32 Å². The molecule has 1 aliphatic carbocycles. The fourth-order valence-corrected chi connectivity index (χ4v) is 2.69. The maximum absolute atomic E-state index is 11.9. The van der Waals surface area contributed by atoms with Crippen LogP contribution in [-0.4, -0.2) is 25.2 Å². The van der Waals surface area contributed by atoms with Gasteiger partial charge in [0.2, 0.25) is 5.91 Å². The summed E-state index contributed by atoms with van der Waals surface area (Å²) in [6.45, 7) is 1.33. The molecule has 1 atom stereocenters. The van der Waals surface area contributed by atoms with E-state index >= 15 is 0 Å². The van der Waals surface area contributed by atoms with Gasteiger partial charge in [-0.25, -0.2) is 0 Å². The number of nitrogens with one attached hydrogen (secondary N) is 1. The van der Waals surface area contributed by atoms with Crippen LogP contribution in [0.25, 0.3) is 0 Å². The van der Waals surface area contributed by atoms with Crippen LogP contribution in [0.5, 0.6) is 0 Å². The van der Waals surface area contributed by atoms with Crippen LogP contribution in [0.4, 0.5) is 0 Å². The Morgan fingerprint density at radius 1 is 1.24 bits per heavy atom. The van der Waals surface area contributed by atoms with Crippen LogP contribution >= 0.6 is 0 Å². The van der Waals surface area contributed by atoms with Gasteiger partial charge in [0, 0.05) is 13.2 Å². The minimum Gasteiger partial charge on any atom is -0.378 e. The fourth-order valence-electron chi connectivity index (χ4n) is 2.69. The second-order valence-electron chi connectivity index (χ2n) is 5.66. The van der Waals surface area contributed by atoms with Crippen molar-refractivity contribution in [2.75, 3.05) is 13.2 Å². The zero-order valence-corrected chi connectivity index (χ0v) is 12.6. The van der Waals surface area contributed by atoms with Gasteiger partial charge in [0.15, 0.2) is 0 Å². The lowest BCUT2D eigenvalue weighted by Crippen LogP contribution is -2.35. The highest BCUT2D eigenvalue weighted by Crippen LogP contribution is 2.20. The molecule has 1 aromatic carbocycles. The van der Waals surface area contributed by atoms with Gasteiger partial charge < -0.3 is 15.8 Å². The number of ether oxygens (including phenoxy) is 1. The molecule has 2 rings (SSSR count). The van der Waals surface area contributed by atoms with Crippen LogP contribution in [-0.2, 0) is 9.53 Å². The fraction of sp³-hybridized carbons (Fsp3) is 0.588. The first-order chi connectivity index (χ1) is 10.3. The van der Waals surface area contributed by atoms with Gasteiger partial charge in [-0.2, -0.15) is 0 Å². The van der Waals surface area contributed by atoms with E-state index in [1.54, 1.807) is 0 Å². The van der Waals surface area contributed by atoms with Gasteiger partial charge in [0.25, 0.3) is 0 Å². The monoisotopic (exact) mass is 290 g/mol. The number of benzene rings is 1. The molecule has 0 heterocycles. The molecule has 4 heteroatoms. The van der Waals surface area contributed by atoms with Crippen LogP contribution in [0.15, 0.2) is 30.3 Å². The van der Waals surface area contributed by atoms with Gasteiger partial charge >= 0.3 is 0 Å². The van der Waals surface area contributed by atoms with Crippen molar-refractivity contribution < 1.29 is 9.53 Å². The molecule has 0 radical (unpaired) electrons. The first-order valence-electron chi connectivity index (χ1n) is 7.97. The average Bonchev–Trinajstić information content (AvgIpc) is 2.55. The minimum atomic E-state index is -0.592. The van der Waals surface area contributed by atoms with E-state index < -0.39 is 6.04 Å². The maximum atomic E-state index is 11.9. The Morgan fingerprint density at radius 2 is 1.95 bits per heavy atom. The standard InChI is InChI=1S/C17H26N2O2/c18-16(14-8-3-1-4-9-14)17(20)19-12-7-13-21-15-10-5-2-6-11-15/h1,3-4,8-9,15-16H,2,5-7,10-13,18H2,(H,19,20)/t16-/m1/s1. The number of hydrogen-bond donors (Lipinski definition) is 2. The lowest BCUT2D eigenvalue weighted by atomic mass is 9.98. The molecule has 1 aliphatic rings. The number of amides is 1. The van der Waals surface area contributed by atoms with Crippen molar-refractivity contribution in [1.29, 1.82) is 0 Å². The van der Waals surface area contributed by atoms with Crippen LogP contribution in [0.1, 0.15) is 50.1 Å². The quantitative estimate of drug-likeness (QED) is 0.759. The lowest BCUT2D eigenvalue weighted by molar-refractivity contribution is -0.122. The highest BCUT2D eigenvalue weighted by Gasteiger charge is 2.15. The number of carbonyl (C=O) groups excluding carboxylic acids is 1. The summed E-state index contributed by atoms with van der Waals surface area (Å²) < 4.78 is 5.83. The minimum absolute atomic E-state index is 0.126. The lowest BCUT2D eigenvalue weighted by Gasteiger charge is -2.22. The normalized spacial score (nSPS) is 17.4. The molecular weight excluding hydrogens is 264 g/mol. The third kappa shape index (κ3) is 5.48. The van der Waals surface area contributed by atoms with Gasteiger partial charge in [-0.05, 0) is 24.8 Å². The third-order valence-electron chi connectivity index (χ3n) is 3.97. The Bertz CT molecular complexity index is 416. The summed E-state index contributed by atoms with van der Waals surface area (Å²) in [7, 11) is 0. The topological polar surface area (TPSA) is 64.4 Å². The number of carbonyl (C=O) groups is 1. The summed E-state index contributed by atoms with van der Waals surface area (Å²) in [5.74, 6) is -0.126. The summed E-state index contributed by atoms with van der Waals surface area (Å²) in [6, 6.07) is 8.84. The molecule has 1 aromatic rings. The van der Waals surface area contributed by atoms with E-state index in [0.29, 0.717) is 19.3 Å². The van der Waals surface area contributed by atoms with E-state index in [4.69, 9.17) is 10.5 Å². The molecule has 0 aromatic heterocycles. The van der Waals surface area contributed by atoms with Crippen molar-refractivity contribution in [3.8, 4) is 0 Å². The molecule has 1 saturated carbocycles. The Hall–Kier alpha value is -1.39. The van der Waals surface area contributed by atoms with Gasteiger partial charge in [0.05, 0.1) is 6.10 Å². The molecule has 116 valence electrons. The van der Waals surface area contributed by atoms with E-state index in [0.717, 1.165) is 12.0 Å². The van der Waals surface area contributed by atoms with Crippen molar-refractivity contribution in [3.05, 3.63) is 35.9 Å². The Kier molecular flexibility index (Phi) is 6.70. The molecule has 0 saturated heterocycles. The molecule has 1 amide bonds. The first-order valence-corrected chi connectivity index (χ1v) is 7.97. The van der Waals surface area contributed by atoms with E-state index in [1.807, 2.05) is 30.3 Å². The molecule has 0 bridgehead atoms. The largest absolute Gasteiger partial charge is 0.378 e. The molecule has 0 spiro atoms. The number of hydrogen-bond acceptors (Lipinski definition) is 3. The number of nitrogens with two attached hydrogens (primary N) is 1. The van der Waals surface area contributed by atoms with Crippen LogP contribution in [0.2, 0.25) is 0 Å². The van der Waals surface area contributed by atoms with Crippen molar-refractivity contribution in [2.24, 2.45) is 5.73 Å². The number of rotatable bonds is 7. The molecule has 1 fully saturated rings. The summed E-state index contributed by atoms with van der Waals surface area (Å²) in [4.78, 5) is 11.9. The van der Waals surface area contributed by atoms with Gasteiger partial charge in [-0.15, -0.1) is 0 Å². The average molecular weight is 290 g/mol. The molecule has 0 aliphatic heterocycles. The predicted molar refractivity (Wildman–Crippen MR) is 83.8 cm³/mol. The predicted octanol–water partition coefficient (Wildman–Crippen LogP) is 2.54. The zero-order chi connectivity index (χ0) is 14.9. The SMILES string of the molecule is N[C@@H](C(=O)NCCCOC1CCCCC1)c1ccccc1.